The summed E-state index contributed by atoms with van der Waals surface area (Å²) in [6.07, 6.45) is 4.54. The molecule has 2 aromatic rings. The van der Waals surface area contributed by atoms with Gasteiger partial charge in [0.1, 0.15) is 6.17 Å². The Bertz CT molecular complexity index is 1200. The summed E-state index contributed by atoms with van der Waals surface area (Å²) >= 11 is 0. The molecular weight excluding hydrogens is 468 g/mol. The highest BCUT2D eigenvalue weighted by Crippen LogP contribution is 2.39. The van der Waals surface area contributed by atoms with Crippen LogP contribution in [0.2, 0.25) is 0 Å². The van der Waals surface area contributed by atoms with Crippen molar-refractivity contribution in [3.05, 3.63) is 41.6 Å². The number of piperidine rings is 1. The largest absolute Gasteiger partial charge is 0.487 e. The van der Waals surface area contributed by atoms with Crippen LogP contribution in [0.4, 0.5) is 11.8 Å². The number of sulfonamides is 1. The van der Waals surface area contributed by atoms with Crippen molar-refractivity contribution < 1.29 is 17.9 Å². The molecule has 3 aliphatic heterocycles. The lowest BCUT2D eigenvalue weighted by atomic mass is 9.72. The van der Waals surface area contributed by atoms with Crippen molar-refractivity contribution >= 4 is 27.7 Å². The molecule has 0 bridgehead atoms. The molecule has 0 saturated carbocycles. The lowest BCUT2D eigenvalue weighted by Gasteiger charge is -2.44. The molecule has 2 fully saturated rings. The van der Waals surface area contributed by atoms with Gasteiger partial charge in [-0.1, -0.05) is 30.3 Å². The van der Waals surface area contributed by atoms with Gasteiger partial charge in [-0.15, -0.1) is 0 Å². The Labute approximate surface area is 206 Å². The maximum atomic E-state index is 12.2. The summed E-state index contributed by atoms with van der Waals surface area (Å²) in [6, 6.07) is 10.2. The number of carbonyl (C=O) groups excluding carboxylic acids is 1. The fourth-order valence-electron chi connectivity index (χ4n) is 5.19. The van der Waals surface area contributed by atoms with Gasteiger partial charge in [0, 0.05) is 44.9 Å². The van der Waals surface area contributed by atoms with E-state index >= 15 is 0 Å². The van der Waals surface area contributed by atoms with Gasteiger partial charge in [0.05, 0.1) is 18.6 Å². The van der Waals surface area contributed by atoms with E-state index in [0.717, 1.165) is 30.5 Å². The van der Waals surface area contributed by atoms with Gasteiger partial charge < -0.3 is 20.3 Å². The van der Waals surface area contributed by atoms with E-state index in [9.17, 15) is 13.2 Å². The quantitative estimate of drug-likeness (QED) is 0.587. The Morgan fingerprint density at radius 2 is 1.94 bits per heavy atom. The molecular formula is C24H32N6O4S. The molecule has 1 atom stereocenters. The van der Waals surface area contributed by atoms with Crippen LogP contribution in [0.15, 0.2) is 30.3 Å². The van der Waals surface area contributed by atoms with Crippen molar-refractivity contribution in [2.24, 2.45) is 0 Å². The fourth-order valence-corrected chi connectivity index (χ4v) is 5.67. The van der Waals surface area contributed by atoms with E-state index in [4.69, 9.17) is 14.7 Å². The predicted molar refractivity (Wildman–Crippen MR) is 133 cm³/mol. The van der Waals surface area contributed by atoms with E-state index in [1.807, 2.05) is 18.2 Å². The smallest absolute Gasteiger partial charge is 0.227 e. The number of benzene rings is 1. The molecule has 2 saturated heterocycles. The van der Waals surface area contributed by atoms with Gasteiger partial charge in [-0.05, 0) is 24.8 Å². The average Bonchev–Trinajstić information content (AvgIpc) is 3.48. The predicted octanol–water partition coefficient (Wildman–Crippen LogP) is 1.49. The highest BCUT2D eigenvalue weighted by atomic mass is 32.2. The van der Waals surface area contributed by atoms with E-state index in [2.05, 4.69) is 27.7 Å². The van der Waals surface area contributed by atoms with E-state index < -0.39 is 10.0 Å². The molecule has 2 N–H and O–H groups in total. The minimum absolute atomic E-state index is 0.0293. The Kier molecular flexibility index (Phi) is 6.30. The van der Waals surface area contributed by atoms with Crippen LogP contribution in [0.25, 0.3) is 0 Å². The van der Waals surface area contributed by atoms with Crippen LogP contribution in [-0.4, -0.2) is 74.3 Å². The second kappa shape index (κ2) is 9.27. The van der Waals surface area contributed by atoms with Crippen LogP contribution in [0.3, 0.4) is 0 Å². The molecule has 11 heteroatoms. The van der Waals surface area contributed by atoms with Crippen molar-refractivity contribution in [1.82, 2.24) is 19.6 Å². The molecule has 0 aliphatic carbocycles. The van der Waals surface area contributed by atoms with Gasteiger partial charge in [-0.3, -0.25) is 4.79 Å². The lowest BCUT2D eigenvalue weighted by Crippen LogP contribution is -2.49. The Morgan fingerprint density at radius 1 is 1.20 bits per heavy atom. The zero-order valence-corrected chi connectivity index (χ0v) is 21.0. The molecule has 5 rings (SSSR count). The Morgan fingerprint density at radius 3 is 2.60 bits per heavy atom. The van der Waals surface area contributed by atoms with Crippen molar-refractivity contribution in [2.75, 3.05) is 49.8 Å². The van der Waals surface area contributed by atoms with Crippen LogP contribution in [0, 0.1) is 0 Å². The van der Waals surface area contributed by atoms with Crippen LogP contribution in [-0.2, 0) is 26.7 Å². The molecule has 0 spiro atoms. The number of amides is 1. The van der Waals surface area contributed by atoms with Crippen molar-refractivity contribution in [3.8, 4) is 5.75 Å². The van der Waals surface area contributed by atoms with E-state index in [0.29, 0.717) is 56.6 Å². The topological polar surface area (TPSA) is 117 Å². The van der Waals surface area contributed by atoms with Crippen LogP contribution in [0.1, 0.15) is 36.9 Å². The van der Waals surface area contributed by atoms with Crippen LogP contribution < -0.4 is 20.3 Å². The molecule has 1 aromatic heterocycles. The third-order valence-electron chi connectivity index (χ3n) is 7.30. The van der Waals surface area contributed by atoms with Gasteiger partial charge in [0.2, 0.25) is 21.9 Å². The Balaban J connectivity index is 1.38. The van der Waals surface area contributed by atoms with E-state index in [-0.39, 0.29) is 17.5 Å². The first-order valence-corrected chi connectivity index (χ1v) is 13.9. The minimum atomic E-state index is -3.30. The molecule has 35 heavy (non-hydrogen) atoms. The first-order chi connectivity index (χ1) is 16.7. The molecule has 4 heterocycles. The van der Waals surface area contributed by atoms with Gasteiger partial charge in [-0.25, -0.2) is 17.7 Å². The number of aromatic nitrogens is 2. The molecule has 1 amide bonds. The van der Waals surface area contributed by atoms with E-state index in [1.54, 1.807) is 7.05 Å². The van der Waals surface area contributed by atoms with Gasteiger partial charge >= 0.3 is 0 Å². The monoisotopic (exact) mass is 500 g/mol. The van der Waals surface area contributed by atoms with Crippen molar-refractivity contribution in [2.45, 2.75) is 43.7 Å². The maximum absolute atomic E-state index is 12.2. The number of likely N-dealkylation sites (N-methyl/N-ethyl adjacent to an activating group) is 1. The van der Waals surface area contributed by atoms with Gasteiger partial charge in [0.15, 0.2) is 11.6 Å². The highest BCUT2D eigenvalue weighted by molar-refractivity contribution is 7.88. The zero-order valence-electron chi connectivity index (χ0n) is 20.2. The number of hydrogen-bond acceptors (Lipinski definition) is 8. The van der Waals surface area contributed by atoms with E-state index in [1.165, 1.54) is 10.6 Å². The Hall–Kier alpha value is -2.92. The molecule has 0 unspecified atom stereocenters. The second-order valence-corrected chi connectivity index (χ2v) is 11.8. The third kappa shape index (κ3) is 4.92. The standard InChI is InChI=1S/C24H32N6O4S/c1-29(35(2,32)33)16-24(17-6-4-3-5-7-17)11-13-30(14-12-24)23-25-18-10-15-34-21(18)22(28-23)27-19-8-9-20(31)26-19/h3-7,19H,8-16H2,1-2H3,(H,26,31)(H,25,27,28)/t19-/m0/s1. The van der Waals surface area contributed by atoms with Crippen LogP contribution >= 0.6 is 0 Å². The number of rotatable bonds is 7. The zero-order chi connectivity index (χ0) is 24.6. The third-order valence-corrected chi connectivity index (χ3v) is 8.56. The number of nitrogens with one attached hydrogen (secondary N) is 2. The summed E-state index contributed by atoms with van der Waals surface area (Å²) in [4.78, 5) is 23.4. The summed E-state index contributed by atoms with van der Waals surface area (Å²) in [7, 11) is -1.65. The number of ether oxygens (including phenoxy) is 1. The molecule has 10 nitrogen and oxygen atoms in total. The van der Waals surface area contributed by atoms with Gasteiger partial charge in [-0.2, -0.15) is 4.98 Å². The summed E-state index contributed by atoms with van der Waals surface area (Å²) in [6.45, 7) is 2.39. The normalized spacial score (nSPS) is 21.5. The van der Waals surface area contributed by atoms with Crippen molar-refractivity contribution in [1.29, 1.82) is 0 Å². The fraction of sp³-hybridized carbons (Fsp3) is 0.542. The SMILES string of the molecule is CN(CC1(c2ccccc2)CCN(c2nc3c(c(N[C@H]4CCC(=O)N4)n2)OCC3)CC1)S(C)(=O)=O. The number of nitrogens with zero attached hydrogens (tertiary/aromatic N) is 4. The first kappa shape index (κ1) is 23.8. The summed E-state index contributed by atoms with van der Waals surface area (Å²) in [5.74, 6) is 1.95. The molecule has 3 aliphatic rings. The summed E-state index contributed by atoms with van der Waals surface area (Å²) < 4.78 is 31.7. The van der Waals surface area contributed by atoms with Crippen LogP contribution in [0.5, 0.6) is 5.75 Å². The number of carbonyl (C=O) groups is 1. The first-order valence-electron chi connectivity index (χ1n) is 12.0. The molecule has 188 valence electrons. The molecule has 1 aromatic carbocycles. The number of fused-ring (bicyclic) bond motifs is 1. The second-order valence-electron chi connectivity index (χ2n) is 9.70. The van der Waals surface area contributed by atoms with Gasteiger partial charge in [0.25, 0.3) is 0 Å². The molecule has 0 radical (unpaired) electrons. The average molecular weight is 501 g/mol. The number of anilines is 2. The summed E-state index contributed by atoms with van der Waals surface area (Å²) in [5.41, 5.74) is 1.74. The lowest BCUT2D eigenvalue weighted by molar-refractivity contribution is -0.119. The summed E-state index contributed by atoms with van der Waals surface area (Å²) in [5, 5.41) is 6.25. The van der Waals surface area contributed by atoms with Crippen molar-refractivity contribution in [3.63, 3.8) is 0 Å². The highest BCUT2D eigenvalue weighted by Gasteiger charge is 2.39. The number of hydrogen-bond donors (Lipinski definition) is 2. The maximum Gasteiger partial charge on any atom is 0.227 e. The minimum Gasteiger partial charge on any atom is -0.487 e.